The van der Waals surface area contributed by atoms with E-state index in [2.05, 4.69) is 4.99 Å². The summed E-state index contributed by atoms with van der Waals surface area (Å²) in [6.07, 6.45) is -4.38. The zero-order valence-electron chi connectivity index (χ0n) is 7.84. The van der Waals surface area contributed by atoms with Crippen molar-refractivity contribution in [2.45, 2.75) is 13.1 Å². The van der Waals surface area contributed by atoms with Gasteiger partial charge in [0.25, 0.3) is 0 Å². The van der Waals surface area contributed by atoms with E-state index >= 15 is 0 Å². The third-order valence-corrected chi connectivity index (χ3v) is 1.63. The van der Waals surface area contributed by atoms with E-state index in [1.165, 1.54) is 19.1 Å². The largest absolute Gasteiger partial charge is 0.416 e. The molecule has 0 amide bonds. The molecular weight excluding hydrogens is 205 g/mol. The first-order valence-electron chi connectivity index (χ1n) is 4.06. The van der Waals surface area contributed by atoms with Gasteiger partial charge in [-0.3, -0.25) is 0 Å². The number of rotatable bonds is 1. The second-order valence-corrected chi connectivity index (χ2v) is 2.86. The Hall–Kier alpha value is -1.83. The molecule has 0 heterocycles. The van der Waals surface area contributed by atoms with Gasteiger partial charge in [-0.1, -0.05) is 6.07 Å². The Labute approximate surface area is 84.7 Å². The van der Waals surface area contributed by atoms with Gasteiger partial charge in [0.15, 0.2) is 0 Å². The summed E-state index contributed by atoms with van der Waals surface area (Å²) in [7, 11) is 0. The average molecular weight is 212 g/mol. The monoisotopic (exact) mass is 212 g/mol. The third-order valence-electron chi connectivity index (χ3n) is 1.63. The van der Waals surface area contributed by atoms with E-state index in [1.54, 1.807) is 6.07 Å². The summed E-state index contributed by atoms with van der Waals surface area (Å²) >= 11 is 0. The first-order valence-corrected chi connectivity index (χ1v) is 4.06. The lowest BCUT2D eigenvalue weighted by Crippen LogP contribution is -2.03. The van der Waals surface area contributed by atoms with Crippen molar-refractivity contribution in [3.63, 3.8) is 0 Å². The van der Waals surface area contributed by atoms with Crippen LogP contribution in [0.1, 0.15) is 12.5 Å². The van der Waals surface area contributed by atoms with Crippen LogP contribution in [0.25, 0.3) is 0 Å². The molecule has 2 nitrogen and oxygen atoms in total. The zero-order valence-corrected chi connectivity index (χ0v) is 7.84. The van der Waals surface area contributed by atoms with Crippen molar-refractivity contribution in [1.29, 1.82) is 5.26 Å². The summed E-state index contributed by atoms with van der Waals surface area (Å²) in [5.74, 6) is 0. The van der Waals surface area contributed by atoms with E-state index in [0.717, 1.165) is 12.1 Å². The molecule has 0 aliphatic heterocycles. The van der Waals surface area contributed by atoms with Crippen LogP contribution in [0.4, 0.5) is 18.9 Å². The van der Waals surface area contributed by atoms with Crippen molar-refractivity contribution in [3.8, 4) is 6.07 Å². The van der Waals surface area contributed by atoms with Gasteiger partial charge in [0.05, 0.1) is 11.3 Å². The average Bonchev–Trinajstić information content (AvgIpc) is 2.17. The highest BCUT2D eigenvalue weighted by Crippen LogP contribution is 2.31. The molecule has 0 unspecified atom stereocenters. The second kappa shape index (κ2) is 4.13. The normalized spacial score (nSPS) is 12.3. The smallest absolute Gasteiger partial charge is 0.243 e. The van der Waals surface area contributed by atoms with Gasteiger partial charge in [-0.25, -0.2) is 4.99 Å². The van der Waals surface area contributed by atoms with Gasteiger partial charge in [-0.15, -0.1) is 0 Å². The molecule has 0 atom stereocenters. The molecule has 0 N–H and O–H groups in total. The Morgan fingerprint density at radius 1 is 1.40 bits per heavy atom. The molecule has 15 heavy (non-hydrogen) atoms. The van der Waals surface area contributed by atoms with Crippen molar-refractivity contribution in [2.24, 2.45) is 4.99 Å². The lowest BCUT2D eigenvalue weighted by Gasteiger charge is -2.06. The Morgan fingerprint density at radius 2 is 2.07 bits per heavy atom. The lowest BCUT2D eigenvalue weighted by molar-refractivity contribution is -0.137. The molecule has 78 valence electrons. The molecule has 0 bridgehead atoms. The summed E-state index contributed by atoms with van der Waals surface area (Å²) < 4.78 is 36.8. The maximum absolute atomic E-state index is 12.3. The maximum atomic E-state index is 12.3. The van der Waals surface area contributed by atoms with Crippen LogP contribution in [0.2, 0.25) is 0 Å². The molecule has 0 fully saturated rings. The Kier molecular flexibility index (Phi) is 3.10. The molecule has 0 radical (unpaired) electrons. The molecular formula is C10H7F3N2. The van der Waals surface area contributed by atoms with E-state index < -0.39 is 11.7 Å². The summed E-state index contributed by atoms with van der Waals surface area (Å²) in [5.41, 5.74) is -0.521. The predicted octanol–water partition coefficient (Wildman–Crippen LogP) is 3.32. The molecule has 1 aromatic rings. The van der Waals surface area contributed by atoms with Crippen molar-refractivity contribution < 1.29 is 13.2 Å². The van der Waals surface area contributed by atoms with E-state index in [9.17, 15) is 13.2 Å². The number of nitrogens with zero attached hydrogens (tertiary/aromatic N) is 2. The summed E-state index contributed by atoms with van der Waals surface area (Å²) in [6, 6.07) is 6.27. The molecule has 0 spiro atoms. The van der Waals surface area contributed by atoms with Gasteiger partial charge in [-0.2, -0.15) is 18.4 Å². The van der Waals surface area contributed by atoms with Crippen LogP contribution in [-0.4, -0.2) is 5.71 Å². The fourth-order valence-corrected chi connectivity index (χ4v) is 0.970. The lowest BCUT2D eigenvalue weighted by atomic mass is 10.2. The molecule has 0 saturated carbocycles. The van der Waals surface area contributed by atoms with E-state index in [1.807, 2.05) is 0 Å². The van der Waals surface area contributed by atoms with Crippen LogP contribution < -0.4 is 0 Å². The topological polar surface area (TPSA) is 36.1 Å². The van der Waals surface area contributed by atoms with Gasteiger partial charge < -0.3 is 0 Å². The minimum atomic E-state index is -4.38. The first kappa shape index (κ1) is 11.2. The number of hydrogen-bond donors (Lipinski definition) is 0. The molecule has 1 aromatic carbocycles. The summed E-state index contributed by atoms with van der Waals surface area (Å²) in [6.45, 7) is 1.43. The minimum Gasteiger partial charge on any atom is -0.243 e. The van der Waals surface area contributed by atoms with Crippen LogP contribution >= 0.6 is 0 Å². The van der Waals surface area contributed by atoms with Gasteiger partial charge in [0, 0.05) is 0 Å². The SMILES string of the molecule is CC(C#N)=Nc1cccc(C(F)(F)F)c1. The van der Waals surface area contributed by atoms with Crippen LogP contribution in [0.3, 0.4) is 0 Å². The molecule has 0 aromatic heterocycles. The molecule has 1 rings (SSSR count). The third kappa shape index (κ3) is 3.09. The Balaban J connectivity index is 3.10. The number of alkyl halides is 3. The number of benzene rings is 1. The number of nitriles is 1. The number of aliphatic imine (C=N–C) groups is 1. The van der Waals surface area contributed by atoms with Gasteiger partial charge >= 0.3 is 6.18 Å². The summed E-state index contributed by atoms with van der Waals surface area (Å²) in [5, 5.41) is 8.42. The highest BCUT2D eigenvalue weighted by atomic mass is 19.4. The van der Waals surface area contributed by atoms with E-state index in [0.29, 0.717) is 0 Å². The van der Waals surface area contributed by atoms with Crippen LogP contribution in [0.15, 0.2) is 29.3 Å². The fourth-order valence-electron chi connectivity index (χ4n) is 0.970. The zero-order chi connectivity index (χ0) is 11.5. The van der Waals surface area contributed by atoms with Crippen LogP contribution in [0, 0.1) is 11.3 Å². The summed E-state index contributed by atoms with van der Waals surface area (Å²) in [4.78, 5) is 3.71. The van der Waals surface area contributed by atoms with Crippen LogP contribution in [-0.2, 0) is 6.18 Å². The van der Waals surface area contributed by atoms with Crippen molar-refractivity contribution >= 4 is 11.4 Å². The fraction of sp³-hybridized carbons (Fsp3) is 0.200. The number of hydrogen-bond acceptors (Lipinski definition) is 2. The maximum Gasteiger partial charge on any atom is 0.416 e. The minimum absolute atomic E-state index is 0.120. The van der Waals surface area contributed by atoms with Crippen molar-refractivity contribution in [2.75, 3.05) is 0 Å². The first-order chi connectivity index (χ1) is 6.93. The van der Waals surface area contributed by atoms with Gasteiger partial charge in [0.2, 0.25) is 0 Å². The Bertz CT molecular complexity index is 427. The standard InChI is InChI=1S/C10H7F3N2/c1-7(6-14)15-9-4-2-3-8(5-9)10(11,12)13/h2-5H,1H3. The van der Waals surface area contributed by atoms with E-state index in [4.69, 9.17) is 5.26 Å². The number of halogens is 3. The Morgan fingerprint density at radius 3 is 2.60 bits per heavy atom. The second-order valence-electron chi connectivity index (χ2n) is 2.86. The molecule has 0 aliphatic carbocycles. The van der Waals surface area contributed by atoms with Crippen molar-refractivity contribution in [3.05, 3.63) is 29.8 Å². The van der Waals surface area contributed by atoms with Crippen LogP contribution in [0.5, 0.6) is 0 Å². The molecule has 5 heteroatoms. The highest BCUT2D eigenvalue weighted by Gasteiger charge is 2.30. The predicted molar refractivity (Wildman–Crippen MR) is 49.8 cm³/mol. The quantitative estimate of drug-likeness (QED) is 0.657. The highest BCUT2D eigenvalue weighted by molar-refractivity contribution is 5.97. The van der Waals surface area contributed by atoms with E-state index in [-0.39, 0.29) is 11.4 Å². The molecule has 0 saturated heterocycles. The van der Waals surface area contributed by atoms with Crippen molar-refractivity contribution in [1.82, 2.24) is 0 Å². The van der Waals surface area contributed by atoms with Gasteiger partial charge in [-0.05, 0) is 25.1 Å². The molecule has 0 aliphatic rings. The van der Waals surface area contributed by atoms with Gasteiger partial charge in [0.1, 0.15) is 11.8 Å².